The maximum atomic E-state index is 13.2. The van der Waals surface area contributed by atoms with Crippen molar-refractivity contribution in [3.8, 4) is 5.69 Å². The van der Waals surface area contributed by atoms with Gasteiger partial charge in [-0.05, 0) is 67.3 Å². The molecule has 0 saturated carbocycles. The molecule has 1 aromatic heterocycles. The summed E-state index contributed by atoms with van der Waals surface area (Å²) in [4.78, 5) is 26.9. The van der Waals surface area contributed by atoms with Gasteiger partial charge in [-0.15, -0.1) is 0 Å². The summed E-state index contributed by atoms with van der Waals surface area (Å²) >= 11 is 0. The van der Waals surface area contributed by atoms with E-state index in [0.717, 1.165) is 18.5 Å². The molecule has 2 N–H and O–H groups in total. The molecule has 4 rings (SSSR count). The first kappa shape index (κ1) is 20.6. The second kappa shape index (κ2) is 9.42. The summed E-state index contributed by atoms with van der Waals surface area (Å²) in [5.41, 5.74) is 1.93. The van der Waals surface area contributed by atoms with Crippen LogP contribution in [-0.2, 0) is 0 Å². The van der Waals surface area contributed by atoms with E-state index in [1.54, 1.807) is 16.9 Å². The van der Waals surface area contributed by atoms with Gasteiger partial charge < -0.3 is 15.5 Å². The lowest BCUT2D eigenvalue weighted by Crippen LogP contribution is -2.44. The summed E-state index contributed by atoms with van der Waals surface area (Å²) in [6.45, 7) is 1.73. The normalized spacial score (nSPS) is 16.0. The Labute approximate surface area is 179 Å². The lowest BCUT2D eigenvalue weighted by Gasteiger charge is -2.33. The van der Waals surface area contributed by atoms with E-state index in [-0.39, 0.29) is 17.9 Å². The van der Waals surface area contributed by atoms with Crippen LogP contribution < -0.4 is 10.6 Å². The Morgan fingerprint density at radius 3 is 2.71 bits per heavy atom. The van der Waals surface area contributed by atoms with Gasteiger partial charge in [-0.1, -0.05) is 6.07 Å². The van der Waals surface area contributed by atoms with Crippen molar-refractivity contribution in [2.75, 3.05) is 25.0 Å². The average Bonchev–Trinajstić information content (AvgIpc) is 3.33. The number of likely N-dealkylation sites (tertiary alicyclic amines) is 1. The zero-order chi connectivity index (χ0) is 21.6. The van der Waals surface area contributed by atoms with Crippen LogP contribution in [0.25, 0.3) is 5.69 Å². The smallest absolute Gasteiger partial charge is 0.319 e. The van der Waals surface area contributed by atoms with E-state index in [1.165, 1.54) is 18.2 Å². The Kier molecular flexibility index (Phi) is 6.26. The highest BCUT2D eigenvalue weighted by atomic mass is 19.1. The number of carbonyl (C=O) groups is 2. The standard InChI is InChI=1S/C23H24FN5O2/c24-19-5-1-6-20(14-19)27-23(31)25-15-17-4-2-12-28(16-17)22(30)18-7-9-21(10-8-18)29-13-3-11-26-29/h1,3,5-11,13-14,17H,2,4,12,15-16H2,(H2,25,27,31). The molecule has 1 aliphatic rings. The SMILES string of the molecule is O=C(NCC1CCCN(C(=O)c2ccc(-n3cccn3)cc2)C1)Nc1cccc(F)c1. The van der Waals surface area contributed by atoms with Gasteiger partial charge in [-0.3, -0.25) is 4.79 Å². The number of carbonyl (C=O) groups excluding carboxylic acids is 2. The van der Waals surface area contributed by atoms with E-state index in [9.17, 15) is 14.0 Å². The first-order valence-corrected chi connectivity index (χ1v) is 10.3. The number of benzene rings is 2. The number of hydrogen-bond donors (Lipinski definition) is 2. The van der Waals surface area contributed by atoms with Crippen LogP contribution in [0, 0.1) is 11.7 Å². The summed E-state index contributed by atoms with van der Waals surface area (Å²) in [5.74, 6) is -0.253. The molecule has 7 nitrogen and oxygen atoms in total. The van der Waals surface area contributed by atoms with E-state index in [4.69, 9.17) is 0 Å². The predicted octanol–water partition coefficient (Wildman–Crippen LogP) is 3.69. The third kappa shape index (κ3) is 5.28. The number of urea groups is 1. The van der Waals surface area contributed by atoms with Gasteiger partial charge in [0.1, 0.15) is 5.82 Å². The number of anilines is 1. The monoisotopic (exact) mass is 421 g/mol. The molecule has 0 spiro atoms. The minimum atomic E-state index is -0.406. The third-order valence-corrected chi connectivity index (χ3v) is 5.32. The second-order valence-electron chi connectivity index (χ2n) is 7.60. The van der Waals surface area contributed by atoms with Crippen LogP contribution in [0.15, 0.2) is 67.0 Å². The third-order valence-electron chi connectivity index (χ3n) is 5.32. The number of halogens is 1. The lowest BCUT2D eigenvalue weighted by molar-refractivity contribution is 0.0675. The van der Waals surface area contributed by atoms with Gasteiger partial charge in [0.15, 0.2) is 0 Å². The van der Waals surface area contributed by atoms with Crippen molar-refractivity contribution < 1.29 is 14.0 Å². The number of nitrogens with zero attached hydrogens (tertiary/aromatic N) is 3. The van der Waals surface area contributed by atoms with Crippen LogP contribution in [0.4, 0.5) is 14.9 Å². The van der Waals surface area contributed by atoms with Crippen molar-refractivity contribution in [1.82, 2.24) is 20.0 Å². The molecule has 1 atom stereocenters. The Morgan fingerprint density at radius 2 is 1.97 bits per heavy atom. The van der Waals surface area contributed by atoms with Gasteiger partial charge in [-0.2, -0.15) is 5.10 Å². The molecule has 3 aromatic rings. The fourth-order valence-electron chi connectivity index (χ4n) is 3.76. The quantitative estimate of drug-likeness (QED) is 0.660. The maximum Gasteiger partial charge on any atom is 0.319 e. The van der Waals surface area contributed by atoms with Gasteiger partial charge in [0, 0.05) is 43.3 Å². The van der Waals surface area contributed by atoms with Gasteiger partial charge in [0.25, 0.3) is 5.91 Å². The second-order valence-corrected chi connectivity index (χ2v) is 7.60. The average molecular weight is 421 g/mol. The molecule has 3 amide bonds. The molecule has 2 aromatic carbocycles. The minimum Gasteiger partial charge on any atom is -0.338 e. The van der Waals surface area contributed by atoms with Crippen LogP contribution in [0.2, 0.25) is 0 Å². The van der Waals surface area contributed by atoms with Crippen molar-refractivity contribution in [2.45, 2.75) is 12.8 Å². The molecule has 1 saturated heterocycles. The molecule has 1 fully saturated rings. The van der Waals surface area contributed by atoms with Crippen LogP contribution in [0.1, 0.15) is 23.2 Å². The molecular weight excluding hydrogens is 397 g/mol. The largest absolute Gasteiger partial charge is 0.338 e. The number of rotatable bonds is 5. The zero-order valence-electron chi connectivity index (χ0n) is 17.0. The highest BCUT2D eigenvalue weighted by Crippen LogP contribution is 2.19. The summed E-state index contributed by atoms with van der Waals surface area (Å²) in [7, 11) is 0. The summed E-state index contributed by atoms with van der Waals surface area (Å²) < 4.78 is 15.0. The van der Waals surface area contributed by atoms with Gasteiger partial charge >= 0.3 is 6.03 Å². The van der Waals surface area contributed by atoms with Crippen molar-refractivity contribution >= 4 is 17.6 Å². The highest BCUT2D eigenvalue weighted by Gasteiger charge is 2.25. The Morgan fingerprint density at radius 1 is 1.13 bits per heavy atom. The van der Waals surface area contributed by atoms with Crippen molar-refractivity contribution in [1.29, 1.82) is 0 Å². The van der Waals surface area contributed by atoms with Gasteiger partial charge in [-0.25, -0.2) is 13.9 Å². The lowest BCUT2D eigenvalue weighted by atomic mass is 9.97. The van der Waals surface area contributed by atoms with E-state index in [1.807, 2.05) is 41.4 Å². The topological polar surface area (TPSA) is 79.3 Å². The number of aromatic nitrogens is 2. The molecule has 160 valence electrons. The van der Waals surface area contributed by atoms with Crippen LogP contribution in [0.5, 0.6) is 0 Å². The fourth-order valence-corrected chi connectivity index (χ4v) is 3.76. The van der Waals surface area contributed by atoms with E-state index < -0.39 is 5.82 Å². The van der Waals surface area contributed by atoms with Gasteiger partial charge in [0.05, 0.1) is 5.69 Å². The molecule has 31 heavy (non-hydrogen) atoms. The molecule has 1 unspecified atom stereocenters. The summed E-state index contributed by atoms with van der Waals surface area (Å²) in [6.07, 6.45) is 5.38. The summed E-state index contributed by atoms with van der Waals surface area (Å²) in [5, 5.41) is 9.63. The molecule has 1 aliphatic heterocycles. The van der Waals surface area contributed by atoms with Crippen LogP contribution in [0.3, 0.4) is 0 Å². The maximum absolute atomic E-state index is 13.2. The summed E-state index contributed by atoms with van der Waals surface area (Å²) in [6, 6.07) is 14.6. The number of piperidine rings is 1. The van der Waals surface area contributed by atoms with Gasteiger partial charge in [0.2, 0.25) is 0 Å². The van der Waals surface area contributed by atoms with Crippen molar-refractivity contribution in [2.24, 2.45) is 5.92 Å². The molecule has 0 bridgehead atoms. The Balaban J connectivity index is 1.29. The number of nitrogens with one attached hydrogen (secondary N) is 2. The Bertz CT molecular complexity index is 1040. The minimum absolute atomic E-state index is 0.0130. The molecule has 8 heteroatoms. The highest BCUT2D eigenvalue weighted by molar-refractivity contribution is 5.94. The first-order valence-electron chi connectivity index (χ1n) is 10.3. The van der Waals surface area contributed by atoms with E-state index in [2.05, 4.69) is 15.7 Å². The molecule has 0 aliphatic carbocycles. The number of amides is 3. The van der Waals surface area contributed by atoms with Crippen molar-refractivity contribution in [3.05, 3.63) is 78.4 Å². The predicted molar refractivity (Wildman–Crippen MR) is 116 cm³/mol. The van der Waals surface area contributed by atoms with Crippen LogP contribution in [-0.4, -0.2) is 46.3 Å². The Hall–Kier alpha value is -3.68. The molecular formula is C23H24FN5O2. The number of hydrogen-bond acceptors (Lipinski definition) is 3. The first-order chi connectivity index (χ1) is 15.1. The molecule has 0 radical (unpaired) electrons. The zero-order valence-corrected chi connectivity index (χ0v) is 17.0. The van der Waals surface area contributed by atoms with E-state index >= 15 is 0 Å². The van der Waals surface area contributed by atoms with Crippen LogP contribution >= 0.6 is 0 Å². The van der Waals surface area contributed by atoms with E-state index in [0.29, 0.717) is 30.9 Å². The fraction of sp³-hybridized carbons (Fsp3) is 0.261. The molecule has 2 heterocycles. The van der Waals surface area contributed by atoms with Crippen molar-refractivity contribution in [3.63, 3.8) is 0 Å².